The molecule has 0 aromatic heterocycles. The maximum atomic E-state index is 13.0. The van der Waals surface area contributed by atoms with Gasteiger partial charge in [-0.3, -0.25) is 4.79 Å². The van der Waals surface area contributed by atoms with Crippen molar-refractivity contribution in [3.8, 4) is 5.75 Å². The van der Waals surface area contributed by atoms with Crippen LogP contribution in [0, 0.1) is 11.8 Å². The van der Waals surface area contributed by atoms with Crippen LogP contribution in [0.2, 0.25) is 5.02 Å². The summed E-state index contributed by atoms with van der Waals surface area (Å²) in [6, 6.07) is 11.4. The Hall–Kier alpha value is -2.35. The van der Waals surface area contributed by atoms with E-state index >= 15 is 0 Å². The van der Waals surface area contributed by atoms with Crippen molar-refractivity contribution in [2.75, 3.05) is 23.8 Å². The largest absolute Gasteiger partial charge is 0.491 e. The number of aliphatic hydroxyl groups is 1. The molecule has 0 saturated heterocycles. The molecule has 0 spiro atoms. The van der Waals surface area contributed by atoms with Gasteiger partial charge in [-0.1, -0.05) is 49.4 Å². The highest BCUT2D eigenvalue weighted by atomic mass is 35.5. The number of carbonyl (C=O) groups excluding carboxylic acids is 1. The average molecular weight is 544 g/mol. The number of aliphatic hydroxyl groups excluding tert-OH is 1. The number of allylic oxidation sites excluding steroid dienone is 1. The Balaban J connectivity index is 1.81. The van der Waals surface area contributed by atoms with Crippen molar-refractivity contribution in [1.29, 1.82) is 0 Å². The Bertz CT molecular complexity index is 1220. The molecular formula is C29H36ClN2O4S-. The quantitative estimate of drug-likeness (QED) is 0.310. The summed E-state index contributed by atoms with van der Waals surface area (Å²) < 4.78 is 22.6. The van der Waals surface area contributed by atoms with E-state index in [4.69, 9.17) is 16.3 Å². The van der Waals surface area contributed by atoms with E-state index < -0.39 is 22.6 Å². The van der Waals surface area contributed by atoms with Gasteiger partial charge in [0.1, 0.15) is 5.75 Å². The normalized spacial score (nSPS) is 25.2. The van der Waals surface area contributed by atoms with Gasteiger partial charge in [0.15, 0.2) is 0 Å². The van der Waals surface area contributed by atoms with E-state index in [9.17, 15) is 14.1 Å². The van der Waals surface area contributed by atoms with Gasteiger partial charge in [0.2, 0.25) is 0 Å². The number of aryl methyl sites for hydroxylation is 1. The van der Waals surface area contributed by atoms with Crippen molar-refractivity contribution >= 4 is 33.8 Å². The minimum absolute atomic E-state index is 0.128. The molecule has 1 N–H and O–H groups in total. The van der Waals surface area contributed by atoms with Crippen LogP contribution in [0.15, 0.2) is 52.9 Å². The smallest absolute Gasteiger partial charge is 0.254 e. The van der Waals surface area contributed by atoms with E-state index in [2.05, 4.69) is 35.2 Å². The molecular weight excluding hydrogens is 508 g/mol. The first kappa shape index (κ1) is 27.7. The van der Waals surface area contributed by atoms with Gasteiger partial charge in [0.05, 0.1) is 18.4 Å². The lowest BCUT2D eigenvalue weighted by atomic mass is 9.91. The fourth-order valence-electron chi connectivity index (χ4n) is 4.77. The van der Waals surface area contributed by atoms with Crippen molar-refractivity contribution in [1.82, 2.24) is 0 Å². The molecule has 0 saturated carbocycles. The van der Waals surface area contributed by atoms with E-state index in [0.29, 0.717) is 37.0 Å². The average Bonchev–Trinajstić information content (AvgIpc) is 2.90. The second-order valence-corrected chi connectivity index (χ2v) is 11.8. The summed E-state index contributed by atoms with van der Waals surface area (Å²) in [5.74, 6) is 1.01. The number of nitrogens with zero attached hydrogens (tertiary/aromatic N) is 2. The Labute approximate surface area is 226 Å². The third-order valence-corrected chi connectivity index (χ3v) is 8.48. The highest BCUT2D eigenvalue weighted by Crippen LogP contribution is 2.35. The van der Waals surface area contributed by atoms with Gasteiger partial charge >= 0.3 is 0 Å². The van der Waals surface area contributed by atoms with E-state index in [1.807, 2.05) is 24.3 Å². The number of carbonyl (C=O) groups is 1. The van der Waals surface area contributed by atoms with E-state index in [1.165, 1.54) is 11.1 Å². The first-order chi connectivity index (χ1) is 17.8. The highest BCUT2D eigenvalue weighted by Gasteiger charge is 2.22. The fourth-order valence-corrected chi connectivity index (χ4v) is 5.79. The summed E-state index contributed by atoms with van der Waals surface area (Å²) in [5.41, 5.74) is 3.65. The predicted molar refractivity (Wildman–Crippen MR) is 150 cm³/mol. The molecule has 0 aliphatic carbocycles. The van der Waals surface area contributed by atoms with E-state index in [-0.39, 0.29) is 5.75 Å². The number of ether oxygens (including phenoxy) is 1. The van der Waals surface area contributed by atoms with Crippen molar-refractivity contribution in [2.45, 2.75) is 58.6 Å². The molecule has 2 aliphatic heterocycles. The zero-order chi connectivity index (χ0) is 26.4. The maximum absolute atomic E-state index is 13.0. The van der Waals surface area contributed by atoms with Crippen LogP contribution in [-0.2, 0) is 27.8 Å². The monoisotopic (exact) mass is 543 g/mol. The molecule has 8 heteroatoms. The summed E-state index contributed by atoms with van der Waals surface area (Å²) in [7, 11) is -1.71. The second kappa shape index (κ2) is 12.9. The first-order valence-corrected chi connectivity index (χ1v) is 14.7. The van der Waals surface area contributed by atoms with Gasteiger partial charge in [-0.2, -0.15) is 10.6 Å². The van der Waals surface area contributed by atoms with Crippen LogP contribution in [0.3, 0.4) is 0 Å². The minimum Gasteiger partial charge on any atom is -0.491 e. The van der Waals surface area contributed by atoms with Gasteiger partial charge in [-0.25, -0.2) is 0 Å². The standard InChI is InChI=1S/C29H36ClN2O4S/c1-20-6-5-8-26(33)13-15-37(35)31-29(34)23-10-12-28-27(17-23)32(18-21(20)2)19-24-9-11-25(30)16-22(24)7-3-4-14-36-28/h5,8-12,16-17,20-21,26,33H,3-4,6-7,13-15,18-19H2,1-2H3/q-1/b8-5+/t20-,21-,26+/m0/s1. The number of fused-ring (bicyclic) bond motifs is 2. The van der Waals surface area contributed by atoms with Crippen LogP contribution >= 0.6 is 11.6 Å². The molecule has 2 aliphatic rings. The van der Waals surface area contributed by atoms with Crippen molar-refractivity contribution in [2.24, 2.45) is 16.2 Å². The topological polar surface area (TPSA) is 79.2 Å². The van der Waals surface area contributed by atoms with Crippen LogP contribution in [0.5, 0.6) is 5.75 Å². The molecule has 2 bridgehead atoms. The molecule has 1 amide bonds. The van der Waals surface area contributed by atoms with Crippen LogP contribution < -0.4 is 9.64 Å². The molecule has 6 nitrogen and oxygen atoms in total. The van der Waals surface area contributed by atoms with E-state index in [0.717, 1.165) is 48.7 Å². The summed E-state index contributed by atoms with van der Waals surface area (Å²) in [5, 5.41) is 11.0. The molecule has 0 fully saturated rings. The van der Waals surface area contributed by atoms with Crippen LogP contribution in [0.4, 0.5) is 5.69 Å². The molecule has 3 atom stereocenters. The van der Waals surface area contributed by atoms with Crippen molar-refractivity contribution < 1.29 is 18.8 Å². The molecule has 37 heavy (non-hydrogen) atoms. The number of anilines is 1. The zero-order valence-electron chi connectivity index (χ0n) is 21.6. The van der Waals surface area contributed by atoms with Crippen LogP contribution in [0.25, 0.3) is 0 Å². The van der Waals surface area contributed by atoms with Gasteiger partial charge < -0.3 is 23.3 Å². The molecule has 4 rings (SSSR count). The van der Waals surface area contributed by atoms with Crippen LogP contribution in [-0.4, -0.2) is 36.0 Å². The van der Waals surface area contributed by atoms with Gasteiger partial charge in [0.25, 0.3) is 5.91 Å². The second-order valence-electron chi connectivity index (χ2n) is 10.2. The number of amides is 1. The lowest BCUT2D eigenvalue weighted by Gasteiger charge is -2.32. The Morgan fingerprint density at radius 3 is 2.78 bits per heavy atom. The highest BCUT2D eigenvalue weighted by molar-refractivity contribution is 7.75. The summed E-state index contributed by atoms with van der Waals surface area (Å²) in [4.78, 5) is 15.2. The van der Waals surface area contributed by atoms with Crippen molar-refractivity contribution in [3.63, 3.8) is 0 Å². The zero-order valence-corrected chi connectivity index (χ0v) is 23.1. The molecule has 200 valence electrons. The van der Waals surface area contributed by atoms with Crippen molar-refractivity contribution in [3.05, 3.63) is 70.3 Å². The third kappa shape index (κ3) is 7.59. The molecule has 2 aromatic carbocycles. The van der Waals surface area contributed by atoms with E-state index in [1.54, 1.807) is 12.1 Å². The molecule has 2 heterocycles. The fraction of sp³-hybridized carbons (Fsp3) is 0.483. The molecule has 0 unspecified atom stereocenters. The van der Waals surface area contributed by atoms with Gasteiger partial charge in [0, 0.05) is 23.7 Å². The van der Waals surface area contributed by atoms with Crippen LogP contribution in [0.1, 0.15) is 61.0 Å². The minimum atomic E-state index is -1.71. The lowest BCUT2D eigenvalue weighted by molar-refractivity contribution is 0.100. The number of benzene rings is 2. The number of hydrogen-bond donors (Lipinski definition) is 1. The third-order valence-electron chi connectivity index (χ3n) is 7.29. The maximum Gasteiger partial charge on any atom is 0.254 e. The Morgan fingerprint density at radius 2 is 1.95 bits per heavy atom. The Kier molecular flexibility index (Phi) is 9.68. The lowest BCUT2D eigenvalue weighted by Crippen LogP contribution is -2.31. The van der Waals surface area contributed by atoms with Gasteiger partial charge in [-0.05, 0) is 85.4 Å². The Morgan fingerprint density at radius 1 is 1.11 bits per heavy atom. The molecule has 2 aromatic rings. The summed E-state index contributed by atoms with van der Waals surface area (Å²) in [6.45, 7) is 6.43. The SMILES string of the molecule is C[C@H]1C/C=C/[C@@H](O)CC[S-](=O)=NC(=O)c2ccc3c(c2)N(Cc2ccc(Cl)cc2CCCCO3)C[C@@H]1C. The number of hydrogen-bond acceptors (Lipinski definition) is 6. The summed E-state index contributed by atoms with van der Waals surface area (Å²) in [6.07, 6.45) is 7.01. The summed E-state index contributed by atoms with van der Waals surface area (Å²) >= 11 is 6.36. The first-order valence-electron chi connectivity index (χ1n) is 13.1. The number of halogens is 1. The predicted octanol–water partition coefficient (Wildman–Crippen LogP) is 6.33. The number of rotatable bonds is 0. The molecule has 0 radical (unpaired) electrons. The van der Waals surface area contributed by atoms with Gasteiger partial charge in [-0.15, -0.1) is 0 Å².